The van der Waals surface area contributed by atoms with Crippen LogP contribution in [-0.2, 0) is 4.84 Å². The van der Waals surface area contributed by atoms with Crippen LogP contribution in [0.5, 0.6) is 0 Å². The van der Waals surface area contributed by atoms with E-state index in [1.165, 1.54) is 30.6 Å². The Morgan fingerprint density at radius 2 is 1.65 bits per heavy atom. The van der Waals surface area contributed by atoms with E-state index in [0.717, 1.165) is 0 Å². The molecule has 3 rings (SSSR count). The van der Waals surface area contributed by atoms with Crippen LogP contribution in [0.2, 0.25) is 0 Å². The van der Waals surface area contributed by atoms with E-state index in [2.05, 4.69) is 4.98 Å². The average molecular weight is 268 g/mol. The maximum absolute atomic E-state index is 12.0. The Kier molecular flexibility index (Phi) is 2.76. The van der Waals surface area contributed by atoms with Crippen molar-refractivity contribution in [1.29, 1.82) is 0 Å². The maximum Gasteiger partial charge on any atom is 0.365 e. The molecule has 0 fully saturated rings. The predicted molar refractivity (Wildman–Crippen MR) is 66.6 cm³/mol. The van der Waals surface area contributed by atoms with Gasteiger partial charge in [-0.25, -0.2) is 4.79 Å². The molecular weight excluding hydrogens is 260 g/mol. The molecule has 6 nitrogen and oxygen atoms in total. The Morgan fingerprint density at radius 1 is 1.00 bits per heavy atom. The van der Waals surface area contributed by atoms with E-state index in [-0.39, 0.29) is 16.7 Å². The molecule has 0 aliphatic carbocycles. The molecule has 0 bridgehead atoms. The molecule has 0 spiro atoms. The minimum absolute atomic E-state index is 0.157. The van der Waals surface area contributed by atoms with Crippen LogP contribution in [0, 0.1) is 0 Å². The van der Waals surface area contributed by atoms with Crippen molar-refractivity contribution in [2.45, 2.75) is 0 Å². The highest BCUT2D eigenvalue weighted by Gasteiger charge is 2.38. The molecule has 0 atom stereocenters. The Labute approximate surface area is 113 Å². The molecule has 0 saturated heterocycles. The maximum atomic E-state index is 12.0. The van der Waals surface area contributed by atoms with E-state index in [0.29, 0.717) is 5.06 Å². The third kappa shape index (κ3) is 1.83. The van der Waals surface area contributed by atoms with Gasteiger partial charge in [0, 0.05) is 12.4 Å². The third-order valence-corrected chi connectivity index (χ3v) is 2.83. The van der Waals surface area contributed by atoms with Crippen molar-refractivity contribution in [1.82, 2.24) is 10.0 Å². The summed E-state index contributed by atoms with van der Waals surface area (Å²) < 4.78 is 0. The highest BCUT2D eigenvalue weighted by Crippen LogP contribution is 2.23. The van der Waals surface area contributed by atoms with Gasteiger partial charge in [0.05, 0.1) is 16.7 Å². The van der Waals surface area contributed by atoms with Gasteiger partial charge in [0.2, 0.25) is 0 Å². The molecule has 1 aromatic heterocycles. The second kappa shape index (κ2) is 4.58. The zero-order chi connectivity index (χ0) is 14.1. The van der Waals surface area contributed by atoms with Gasteiger partial charge in [-0.05, 0) is 24.3 Å². The van der Waals surface area contributed by atoms with Gasteiger partial charge < -0.3 is 4.84 Å². The molecule has 1 aliphatic heterocycles. The number of hydrogen-bond donors (Lipinski definition) is 0. The highest BCUT2D eigenvalue weighted by atomic mass is 16.7. The Hall–Kier alpha value is -3.02. The van der Waals surface area contributed by atoms with Crippen molar-refractivity contribution < 1.29 is 19.2 Å². The van der Waals surface area contributed by atoms with E-state index < -0.39 is 17.8 Å². The minimum atomic E-state index is -0.812. The van der Waals surface area contributed by atoms with Crippen LogP contribution in [0.25, 0.3) is 0 Å². The quantitative estimate of drug-likeness (QED) is 0.770. The number of pyridine rings is 1. The van der Waals surface area contributed by atoms with Crippen LogP contribution < -0.4 is 0 Å². The number of fused-ring (bicyclic) bond motifs is 1. The fraction of sp³-hybridized carbons (Fsp3) is 0. The van der Waals surface area contributed by atoms with E-state index in [1.807, 2.05) is 0 Å². The molecule has 1 aromatic carbocycles. The molecule has 1 aliphatic rings. The third-order valence-electron chi connectivity index (χ3n) is 2.83. The van der Waals surface area contributed by atoms with Gasteiger partial charge in [-0.3, -0.25) is 14.6 Å². The molecule has 2 aromatic rings. The molecule has 2 heterocycles. The van der Waals surface area contributed by atoms with Crippen LogP contribution in [0.15, 0.2) is 48.8 Å². The summed E-state index contributed by atoms with van der Waals surface area (Å²) in [6.45, 7) is 0. The molecule has 2 amide bonds. The molecule has 0 N–H and O–H groups in total. The van der Waals surface area contributed by atoms with Gasteiger partial charge >= 0.3 is 5.97 Å². The Morgan fingerprint density at radius 3 is 2.20 bits per heavy atom. The molecule has 6 heteroatoms. The molecule has 0 saturated carbocycles. The number of hydrogen-bond acceptors (Lipinski definition) is 5. The van der Waals surface area contributed by atoms with Gasteiger partial charge in [0.1, 0.15) is 0 Å². The average Bonchev–Trinajstić information content (AvgIpc) is 2.74. The summed E-state index contributed by atoms with van der Waals surface area (Å²) in [5.41, 5.74) is 0.594. The smallest absolute Gasteiger partial charge is 0.324 e. The first-order chi connectivity index (χ1) is 9.68. The largest absolute Gasteiger partial charge is 0.365 e. The zero-order valence-electron chi connectivity index (χ0n) is 10.1. The lowest BCUT2D eigenvalue weighted by Gasteiger charge is -2.12. The minimum Gasteiger partial charge on any atom is -0.324 e. The van der Waals surface area contributed by atoms with Crippen molar-refractivity contribution in [2.24, 2.45) is 0 Å². The van der Waals surface area contributed by atoms with Crippen molar-refractivity contribution in [3.05, 3.63) is 65.5 Å². The zero-order valence-corrected chi connectivity index (χ0v) is 10.1. The summed E-state index contributed by atoms with van der Waals surface area (Å²) >= 11 is 0. The molecular formula is C14H8N2O4. The highest BCUT2D eigenvalue weighted by molar-refractivity contribution is 6.21. The van der Waals surface area contributed by atoms with Crippen LogP contribution >= 0.6 is 0 Å². The van der Waals surface area contributed by atoms with Crippen molar-refractivity contribution in [2.75, 3.05) is 0 Å². The van der Waals surface area contributed by atoms with Crippen molar-refractivity contribution in [3.63, 3.8) is 0 Å². The topological polar surface area (TPSA) is 76.6 Å². The van der Waals surface area contributed by atoms with E-state index in [1.54, 1.807) is 18.2 Å². The van der Waals surface area contributed by atoms with Crippen LogP contribution in [0.3, 0.4) is 0 Å². The van der Waals surface area contributed by atoms with E-state index >= 15 is 0 Å². The molecule has 98 valence electrons. The van der Waals surface area contributed by atoms with Gasteiger partial charge in [-0.1, -0.05) is 17.2 Å². The van der Waals surface area contributed by atoms with Crippen molar-refractivity contribution >= 4 is 17.8 Å². The molecule has 20 heavy (non-hydrogen) atoms. The van der Waals surface area contributed by atoms with Gasteiger partial charge in [0.25, 0.3) is 11.8 Å². The first kappa shape index (κ1) is 12.0. The second-order valence-corrected chi connectivity index (χ2v) is 4.07. The summed E-state index contributed by atoms with van der Waals surface area (Å²) in [6, 6.07) is 9.32. The number of carbonyl (C=O) groups excluding carboxylic acids is 3. The monoisotopic (exact) mass is 268 g/mol. The Balaban J connectivity index is 1.86. The van der Waals surface area contributed by atoms with Gasteiger partial charge in [-0.15, -0.1) is 0 Å². The normalized spacial score (nSPS) is 13.3. The van der Waals surface area contributed by atoms with Crippen LogP contribution in [-0.4, -0.2) is 27.8 Å². The standard InChI is InChI=1S/C14H8N2O4/c17-12-10-5-1-2-6-11(10)13(18)16(12)20-14(19)9-4-3-7-15-8-9/h1-8H. The summed E-state index contributed by atoms with van der Waals surface area (Å²) in [5.74, 6) is -2.11. The number of nitrogens with zero attached hydrogens (tertiary/aromatic N) is 2. The van der Waals surface area contributed by atoms with Gasteiger partial charge in [-0.2, -0.15) is 0 Å². The number of hydroxylamine groups is 2. The number of amides is 2. The SMILES string of the molecule is O=C(ON1C(=O)c2ccccc2C1=O)c1cccnc1. The lowest BCUT2D eigenvalue weighted by Crippen LogP contribution is -2.32. The van der Waals surface area contributed by atoms with Crippen LogP contribution in [0.4, 0.5) is 0 Å². The Bertz CT molecular complexity index is 677. The first-order valence-corrected chi connectivity index (χ1v) is 5.78. The summed E-state index contributed by atoms with van der Waals surface area (Å²) in [6.07, 6.45) is 2.79. The molecule has 0 unspecified atom stereocenters. The fourth-order valence-electron chi connectivity index (χ4n) is 1.87. The summed E-state index contributed by atoms with van der Waals surface area (Å²) in [5, 5.41) is 0.472. The second-order valence-electron chi connectivity index (χ2n) is 4.07. The number of imide groups is 1. The fourth-order valence-corrected chi connectivity index (χ4v) is 1.87. The summed E-state index contributed by atoms with van der Waals surface area (Å²) in [4.78, 5) is 44.4. The lowest BCUT2D eigenvalue weighted by atomic mass is 10.1. The first-order valence-electron chi connectivity index (χ1n) is 5.78. The predicted octanol–water partition coefficient (Wildman–Crippen LogP) is 1.45. The summed E-state index contributed by atoms with van der Waals surface area (Å²) in [7, 11) is 0. The number of rotatable bonds is 2. The number of aromatic nitrogens is 1. The van der Waals surface area contributed by atoms with Crippen LogP contribution in [0.1, 0.15) is 31.1 Å². The van der Waals surface area contributed by atoms with Gasteiger partial charge in [0.15, 0.2) is 0 Å². The number of benzene rings is 1. The number of carbonyl (C=O) groups is 3. The van der Waals surface area contributed by atoms with E-state index in [9.17, 15) is 14.4 Å². The lowest BCUT2D eigenvalue weighted by molar-refractivity contribution is -0.0584. The van der Waals surface area contributed by atoms with E-state index in [4.69, 9.17) is 4.84 Å². The molecule has 0 radical (unpaired) electrons. The van der Waals surface area contributed by atoms with Crippen molar-refractivity contribution in [3.8, 4) is 0 Å².